The minimum Gasteiger partial charge on any atom is -0.462 e. The Balaban J connectivity index is 1.68. The summed E-state index contributed by atoms with van der Waals surface area (Å²) in [6.45, 7) is 7.84. The number of carbonyl (C=O) groups is 2. The van der Waals surface area contributed by atoms with Gasteiger partial charge in [-0.3, -0.25) is 9.69 Å². The highest BCUT2D eigenvalue weighted by atomic mass is 32.2. The number of hydrogen-bond acceptors (Lipinski definition) is 6. The molecule has 8 heteroatoms. The molecule has 2 heterocycles. The van der Waals surface area contributed by atoms with Crippen LogP contribution in [0.2, 0.25) is 0 Å². The van der Waals surface area contributed by atoms with Crippen LogP contribution in [0, 0.1) is 12.7 Å². The summed E-state index contributed by atoms with van der Waals surface area (Å²) in [6.07, 6.45) is 0. The van der Waals surface area contributed by atoms with Crippen LogP contribution in [0.4, 0.5) is 10.1 Å². The van der Waals surface area contributed by atoms with Gasteiger partial charge in [-0.25, -0.2) is 9.18 Å². The molecule has 3 aromatic rings. The van der Waals surface area contributed by atoms with Crippen LogP contribution in [-0.2, 0) is 9.53 Å². The molecule has 0 aromatic heterocycles. The minimum atomic E-state index is -0.913. The van der Waals surface area contributed by atoms with Crippen molar-refractivity contribution in [3.8, 4) is 0 Å². The third-order valence-electron chi connectivity index (χ3n) is 6.58. The Morgan fingerprint density at radius 2 is 1.74 bits per heavy atom. The Labute approximate surface area is 241 Å². The predicted molar refractivity (Wildman–Crippen MR) is 163 cm³/mol. The van der Waals surface area contributed by atoms with Gasteiger partial charge in [-0.1, -0.05) is 83.8 Å². The molecule has 5 rings (SSSR count). The highest BCUT2D eigenvalue weighted by Gasteiger charge is 2.46. The first-order valence-electron chi connectivity index (χ1n) is 12.5. The Morgan fingerprint density at radius 3 is 2.44 bits per heavy atom. The molecule has 0 unspecified atom stereocenters. The summed E-state index contributed by atoms with van der Waals surface area (Å²) in [4.78, 5) is 30.4. The maximum Gasteiger partial charge on any atom is 0.346 e. The van der Waals surface area contributed by atoms with Gasteiger partial charge in [0.15, 0.2) is 0 Å². The molecule has 3 aromatic carbocycles. The molecule has 1 amide bonds. The fourth-order valence-electron chi connectivity index (χ4n) is 4.70. The number of fused-ring (bicyclic) bond motifs is 1. The maximum absolute atomic E-state index is 14.1. The van der Waals surface area contributed by atoms with Gasteiger partial charge in [0.05, 0.1) is 26.9 Å². The van der Waals surface area contributed by atoms with Gasteiger partial charge in [0.1, 0.15) is 10.7 Å². The first-order chi connectivity index (χ1) is 18.6. The van der Waals surface area contributed by atoms with Crippen molar-refractivity contribution in [3.63, 3.8) is 0 Å². The smallest absolute Gasteiger partial charge is 0.346 e. The van der Waals surface area contributed by atoms with Crippen LogP contribution in [-0.4, -0.2) is 28.9 Å². The van der Waals surface area contributed by atoms with Crippen molar-refractivity contribution >= 4 is 68.6 Å². The first-order valence-corrected chi connectivity index (χ1v) is 14.5. The number of thioether (sulfide) groups is 2. The molecular formula is C31H26FNO3S3. The second kappa shape index (κ2) is 10.8. The number of carbonyl (C=O) groups excluding carboxylic acids is 2. The van der Waals surface area contributed by atoms with E-state index in [1.807, 2.05) is 69.3 Å². The lowest BCUT2D eigenvalue weighted by molar-refractivity contribution is -0.137. The summed E-state index contributed by atoms with van der Waals surface area (Å²) >= 11 is 8.97. The topological polar surface area (TPSA) is 46.6 Å². The molecule has 0 spiro atoms. The zero-order valence-corrected chi connectivity index (χ0v) is 24.4. The standard InChI is InChI=1S/C31H26FNO3S3/c1-5-36-29(35)26-25(19-10-7-6-8-11-19)38-30(39-26)24-22-16-18(2)14-15-23(22)33(31(3,4)27(24)37)28(34)20-12-9-13-21(32)17-20/h6-17H,5H2,1-4H3/b30-24+. The summed E-state index contributed by atoms with van der Waals surface area (Å²) in [7, 11) is 0. The van der Waals surface area contributed by atoms with Crippen LogP contribution in [0.15, 0.2) is 81.9 Å². The van der Waals surface area contributed by atoms with Gasteiger partial charge in [-0.05, 0) is 63.6 Å². The summed E-state index contributed by atoms with van der Waals surface area (Å²) in [5.74, 6) is -1.19. The molecular weight excluding hydrogens is 550 g/mol. The van der Waals surface area contributed by atoms with E-state index in [2.05, 4.69) is 0 Å². The lowest BCUT2D eigenvalue weighted by atomic mass is 9.82. The van der Waals surface area contributed by atoms with Crippen molar-refractivity contribution in [1.29, 1.82) is 0 Å². The molecule has 4 nitrogen and oxygen atoms in total. The normalized spacial score (nSPS) is 18.3. The molecule has 198 valence electrons. The van der Waals surface area contributed by atoms with Crippen LogP contribution in [0.1, 0.15) is 47.8 Å². The molecule has 2 aliphatic rings. The van der Waals surface area contributed by atoms with Crippen LogP contribution in [0.5, 0.6) is 0 Å². The summed E-state index contributed by atoms with van der Waals surface area (Å²) < 4.78 is 20.3. The zero-order chi connectivity index (χ0) is 27.9. The number of halogens is 1. The average Bonchev–Trinajstić information content (AvgIpc) is 3.35. The minimum absolute atomic E-state index is 0.246. The number of aryl methyl sites for hydroxylation is 1. The third kappa shape index (κ3) is 4.97. The fourth-order valence-corrected chi connectivity index (χ4v) is 7.83. The van der Waals surface area contributed by atoms with E-state index in [-0.39, 0.29) is 24.0 Å². The first kappa shape index (κ1) is 27.4. The predicted octanol–water partition coefficient (Wildman–Crippen LogP) is 8.02. The van der Waals surface area contributed by atoms with Gasteiger partial charge >= 0.3 is 5.97 Å². The lowest BCUT2D eigenvalue weighted by Crippen LogP contribution is -2.56. The highest BCUT2D eigenvalue weighted by Crippen LogP contribution is 2.58. The second-order valence-electron chi connectivity index (χ2n) is 9.67. The SMILES string of the molecule is CCOC(=O)C1=C(c2ccccc2)S/C(=C2\C(=S)C(C)(C)N(C(=O)c3cccc(F)c3)c3ccc(C)cc32)S1. The number of nitrogens with zero attached hydrogens (tertiary/aromatic N) is 1. The fraction of sp³-hybridized carbons (Fsp3) is 0.194. The van der Waals surface area contributed by atoms with Crippen LogP contribution < -0.4 is 4.90 Å². The molecule has 0 radical (unpaired) electrons. The van der Waals surface area contributed by atoms with E-state index in [4.69, 9.17) is 17.0 Å². The van der Waals surface area contributed by atoms with Crippen LogP contribution in [0.25, 0.3) is 10.5 Å². The zero-order valence-electron chi connectivity index (χ0n) is 21.9. The Morgan fingerprint density at radius 1 is 1.00 bits per heavy atom. The van der Waals surface area contributed by atoms with Crippen molar-refractivity contribution in [2.45, 2.75) is 33.2 Å². The average molecular weight is 576 g/mol. The summed E-state index contributed by atoms with van der Waals surface area (Å²) in [5.41, 5.74) is 3.56. The quantitative estimate of drug-likeness (QED) is 0.178. The van der Waals surface area contributed by atoms with Gasteiger partial charge in [0.25, 0.3) is 5.91 Å². The van der Waals surface area contributed by atoms with Crippen molar-refractivity contribution < 1.29 is 18.7 Å². The monoisotopic (exact) mass is 575 g/mol. The van der Waals surface area contributed by atoms with Crippen molar-refractivity contribution in [3.05, 3.63) is 110 Å². The van der Waals surface area contributed by atoms with Gasteiger partial charge in [-0.15, -0.1) is 0 Å². The van der Waals surface area contributed by atoms with E-state index in [1.54, 1.807) is 17.9 Å². The number of thiocarbonyl (C=S) groups is 1. The summed E-state index contributed by atoms with van der Waals surface area (Å²) in [6, 6.07) is 21.3. The molecule has 0 aliphatic carbocycles. The van der Waals surface area contributed by atoms with Gasteiger partial charge < -0.3 is 4.74 Å². The van der Waals surface area contributed by atoms with Crippen molar-refractivity contribution in [1.82, 2.24) is 0 Å². The highest BCUT2D eigenvalue weighted by molar-refractivity contribution is 8.32. The van der Waals surface area contributed by atoms with E-state index in [1.165, 1.54) is 41.7 Å². The van der Waals surface area contributed by atoms with E-state index in [9.17, 15) is 14.0 Å². The molecule has 0 atom stereocenters. The molecule has 0 N–H and O–H groups in total. The molecule has 0 saturated carbocycles. The van der Waals surface area contributed by atoms with Gasteiger partial charge in [0, 0.05) is 21.6 Å². The van der Waals surface area contributed by atoms with E-state index in [0.717, 1.165) is 31.4 Å². The number of ether oxygens (including phenoxy) is 1. The number of anilines is 1. The Kier molecular flexibility index (Phi) is 7.55. The molecule has 2 aliphatic heterocycles. The molecule has 0 saturated heterocycles. The van der Waals surface area contributed by atoms with Crippen LogP contribution >= 0.6 is 35.7 Å². The largest absolute Gasteiger partial charge is 0.462 e. The van der Waals surface area contributed by atoms with Gasteiger partial charge in [0.2, 0.25) is 0 Å². The molecule has 0 bridgehead atoms. The van der Waals surface area contributed by atoms with Crippen LogP contribution in [0.3, 0.4) is 0 Å². The maximum atomic E-state index is 14.1. The van der Waals surface area contributed by atoms with E-state index in [0.29, 0.717) is 15.5 Å². The number of rotatable bonds is 4. The second-order valence-corrected chi connectivity index (χ2v) is 12.4. The van der Waals surface area contributed by atoms with Gasteiger partial charge in [-0.2, -0.15) is 0 Å². The lowest BCUT2D eigenvalue weighted by Gasteiger charge is -2.45. The Bertz CT molecular complexity index is 1580. The third-order valence-corrected chi connectivity index (χ3v) is 9.91. The number of benzene rings is 3. The number of hydrogen-bond donors (Lipinski definition) is 0. The Hall–Kier alpha value is -3.20. The van der Waals surface area contributed by atoms with Crippen molar-refractivity contribution in [2.75, 3.05) is 11.5 Å². The summed E-state index contributed by atoms with van der Waals surface area (Å²) in [5, 5.41) is 0. The molecule has 39 heavy (non-hydrogen) atoms. The van der Waals surface area contributed by atoms with E-state index < -0.39 is 11.4 Å². The van der Waals surface area contributed by atoms with Crippen molar-refractivity contribution in [2.24, 2.45) is 0 Å². The van der Waals surface area contributed by atoms with E-state index >= 15 is 0 Å². The molecule has 0 fully saturated rings. The number of esters is 1. The number of amides is 1.